The van der Waals surface area contributed by atoms with Gasteiger partial charge in [-0.1, -0.05) is 60.7 Å². The first kappa shape index (κ1) is 13.2. The third-order valence-corrected chi connectivity index (χ3v) is 4.24. The Morgan fingerprint density at radius 3 is 1.78 bits per heavy atom. The molecule has 0 unspecified atom stereocenters. The summed E-state index contributed by atoms with van der Waals surface area (Å²) in [5, 5.41) is 0.416. The van der Waals surface area contributed by atoms with Gasteiger partial charge in [0.2, 0.25) is 0 Å². The van der Waals surface area contributed by atoms with Crippen LogP contribution in [0.4, 0.5) is 0 Å². The van der Waals surface area contributed by atoms with E-state index in [1.54, 1.807) is 0 Å². The maximum Gasteiger partial charge on any atom is 0.0546 e. The lowest BCUT2D eigenvalue weighted by atomic mass is 10.0. The molecule has 0 saturated carbocycles. The highest BCUT2D eigenvalue weighted by Crippen LogP contribution is 2.35. The normalized spacial score (nSPS) is 10.8. The third kappa shape index (κ3) is 3.62. The molecule has 0 aliphatic rings. The maximum absolute atomic E-state index is 5.58. The Balaban J connectivity index is 2.18. The van der Waals surface area contributed by atoms with Crippen molar-refractivity contribution < 1.29 is 0 Å². The Morgan fingerprint density at radius 2 is 1.33 bits per heavy atom. The highest BCUT2D eigenvalue weighted by Gasteiger charge is 2.13. The number of rotatable bonds is 6. The fraction of sp³-hybridized carbons (Fsp3) is 0.250. The van der Waals surface area contributed by atoms with Gasteiger partial charge in [0.15, 0.2) is 0 Å². The molecule has 2 aromatic rings. The van der Waals surface area contributed by atoms with E-state index in [2.05, 4.69) is 60.7 Å². The van der Waals surface area contributed by atoms with Gasteiger partial charge < -0.3 is 5.73 Å². The topological polar surface area (TPSA) is 26.0 Å². The second kappa shape index (κ2) is 7.24. The molecular formula is C16H19NS. The Hall–Kier alpha value is -1.25. The first-order valence-electron chi connectivity index (χ1n) is 6.33. The van der Waals surface area contributed by atoms with E-state index in [0.29, 0.717) is 5.25 Å². The summed E-state index contributed by atoms with van der Waals surface area (Å²) in [7, 11) is 0. The lowest BCUT2D eigenvalue weighted by Crippen LogP contribution is -2.02. The minimum atomic E-state index is 0.416. The van der Waals surface area contributed by atoms with E-state index in [1.807, 2.05) is 11.8 Å². The van der Waals surface area contributed by atoms with Crippen LogP contribution in [0.15, 0.2) is 60.7 Å². The average molecular weight is 257 g/mol. The van der Waals surface area contributed by atoms with Crippen LogP contribution in [0.2, 0.25) is 0 Å². The second-order valence-electron chi connectivity index (χ2n) is 4.21. The molecule has 0 heterocycles. The van der Waals surface area contributed by atoms with Gasteiger partial charge >= 0.3 is 0 Å². The number of hydrogen-bond acceptors (Lipinski definition) is 2. The van der Waals surface area contributed by atoms with Gasteiger partial charge in [0.1, 0.15) is 0 Å². The van der Waals surface area contributed by atoms with E-state index in [4.69, 9.17) is 5.73 Å². The van der Waals surface area contributed by atoms with Crippen molar-refractivity contribution in [2.45, 2.75) is 11.7 Å². The average Bonchev–Trinajstić information content (AvgIpc) is 2.46. The standard InChI is InChI=1S/C16H19NS/c17-12-7-13-18-16(14-8-3-1-4-9-14)15-10-5-2-6-11-15/h1-6,8-11,16H,7,12-13,17H2. The summed E-state index contributed by atoms with van der Waals surface area (Å²) in [6.07, 6.45) is 1.07. The summed E-state index contributed by atoms with van der Waals surface area (Å²) in [6, 6.07) is 21.4. The highest BCUT2D eigenvalue weighted by molar-refractivity contribution is 7.99. The van der Waals surface area contributed by atoms with Crippen LogP contribution in [-0.2, 0) is 0 Å². The van der Waals surface area contributed by atoms with Crippen LogP contribution in [0.25, 0.3) is 0 Å². The smallest absolute Gasteiger partial charge is 0.0546 e. The summed E-state index contributed by atoms with van der Waals surface area (Å²) in [6.45, 7) is 0.767. The maximum atomic E-state index is 5.58. The summed E-state index contributed by atoms with van der Waals surface area (Å²) in [4.78, 5) is 0. The molecule has 18 heavy (non-hydrogen) atoms. The van der Waals surface area contributed by atoms with Crippen LogP contribution >= 0.6 is 11.8 Å². The van der Waals surface area contributed by atoms with Crippen LogP contribution < -0.4 is 5.73 Å². The molecule has 2 N–H and O–H groups in total. The number of nitrogens with two attached hydrogens (primary N) is 1. The fourth-order valence-electron chi connectivity index (χ4n) is 1.93. The van der Waals surface area contributed by atoms with E-state index in [1.165, 1.54) is 11.1 Å². The van der Waals surface area contributed by atoms with Gasteiger partial charge in [-0.2, -0.15) is 0 Å². The van der Waals surface area contributed by atoms with Crippen molar-refractivity contribution in [1.82, 2.24) is 0 Å². The largest absolute Gasteiger partial charge is 0.330 e. The number of hydrogen-bond donors (Lipinski definition) is 1. The van der Waals surface area contributed by atoms with E-state index in [-0.39, 0.29) is 0 Å². The quantitative estimate of drug-likeness (QED) is 0.795. The Labute approximate surface area is 113 Å². The SMILES string of the molecule is NCCCSC(c1ccccc1)c1ccccc1. The van der Waals surface area contributed by atoms with Crippen LogP contribution in [0.3, 0.4) is 0 Å². The van der Waals surface area contributed by atoms with Crippen molar-refractivity contribution in [3.63, 3.8) is 0 Å². The van der Waals surface area contributed by atoms with Crippen molar-refractivity contribution in [2.24, 2.45) is 5.73 Å². The minimum absolute atomic E-state index is 0.416. The van der Waals surface area contributed by atoms with Crippen LogP contribution in [-0.4, -0.2) is 12.3 Å². The van der Waals surface area contributed by atoms with Crippen LogP contribution in [0.1, 0.15) is 22.8 Å². The predicted octanol–water partition coefficient (Wildman–Crippen LogP) is 3.86. The molecule has 0 fully saturated rings. The zero-order valence-electron chi connectivity index (χ0n) is 10.5. The van der Waals surface area contributed by atoms with Crippen molar-refractivity contribution in [3.8, 4) is 0 Å². The molecular weight excluding hydrogens is 238 g/mol. The number of benzene rings is 2. The number of thioether (sulfide) groups is 1. The van der Waals surface area contributed by atoms with Crippen molar-refractivity contribution in [2.75, 3.05) is 12.3 Å². The summed E-state index contributed by atoms with van der Waals surface area (Å²) < 4.78 is 0. The van der Waals surface area contributed by atoms with Gasteiger partial charge in [0.25, 0.3) is 0 Å². The second-order valence-corrected chi connectivity index (χ2v) is 5.43. The van der Waals surface area contributed by atoms with Gasteiger partial charge in [0, 0.05) is 0 Å². The van der Waals surface area contributed by atoms with Crippen molar-refractivity contribution in [3.05, 3.63) is 71.8 Å². The third-order valence-electron chi connectivity index (χ3n) is 2.84. The molecule has 0 aliphatic carbocycles. The Bertz CT molecular complexity index is 402. The monoisotopic (exact) mass is 257 g/mol. The van der Waals surface area contributed by atoms with E-state index < -0.39 is 0 Å². The Kier molecular flexibility index (Phi) is 5.31. The van der Waals surface area contributed by atoms with Gasteiger partial charge in [-0.05, 0) is 29.8 Å². The van der Waals surface area contributed by atoms with Crippen LogP contribution in [0.5, 0.6) is 0 Å². The summed E-state index contributed by atoms with van der Waals surface area (Å²) in [5.74, 6) is 1.10. The molecule has 0 aromatic heterocycles. The van der Waals surface area contributed by atoms with Gasteiger partial charge in [0.05, 0.1) is 5.25 Å². The van der Waals surface area contributed by atoms with E-state index in [0.717, 1.165) is 18.7 Å². The lowest BCUT2D eigenvalue weighted by molar-refractivity contribution is 0.939. The molecule has 0 aliphatic heterocycles. The highest BCUT2D eigenvalue weighted by atomic mass is 32.2. The summed E-state index contributed by atoms with van der Waals surface area (Å²) >= 11 is 1.97. The molecule has 0 saturated heterocycles. The molecule has 94 valence electrons. The zero-order valence-corrected chi connectivity index (χ0v) is 11.3. The summed E-state index contributed by atoms with van der Waals surface area (Å²) in [5.41, 5.74) is 8.31. The van der Waals surface area contributed by atoms with Gasteiger partial charge in [-0.3, -0.25) is 0 Å². The van der Waals surface area contributed by atoms with E-state index >= 15 is 0 Å². The molecule has 2 rings (SSSR count). The first-order chi connectivity index (χ1) is 8.92. The minimum Gasteiger partial charge on any atom is -0.330 e. The molecule has 0 atom stereocenters. The van der Waals surface area contributed by atoms with Crippen molar-refractivity contribution >= 4 is 11.8 Å². The first-order valence-corrected chi connectivity index (χ1v) is 7.38. The zero-order chi connectivity index (χ0) is 12.6. The molecule has 2 aromatic carbocycles. The molecule has 2 heteroatoms. The predicted molar refractivity (Wildman–Crippen MR) is 80.9 cm³/mol. The molecule has 0 spiro atoms. The lowest BCUT2D eigenvalue weighted by Gasteiger charge is -2.17. The van der Waals surface area contributed by atoms with E-state index in [9.17, 15) is 0 Å². The van der Waals surface area contributed by atoms with Crippen molar-refractivity contribution in [1.29, 1.82) is 0 Å². The Morgan fingerprint density at radius 1 is 0.833 bits per heavy atom. The molecule has 0 bridgehead atoms. The molecule has 0 amide bonds. The van der Waals surface area contributed by atoms with Gasteiger partial charge in [-0.15, -0.1) is 11.8 Å². The van der Waals surface area contributed by atoms with Crippen LogP contribution in [0, 0.1) is 0 Å². The fourth-order valence-corrected chi connectivity index (χ4v) is 3.19. The molecule has 0 radical (unpaired) electrons. The molecule has 1 nitrogen and oxygen atoms in total. The van der Waals surface area contributed by atoms with Gasteiger partial charge in [-0.25, -0.2) is 0 Å².